The molecule has 1 aromatic heterocycles. The second-order valence-corrected chi connectivity index (χ2v) is 7.86. The van der Waals surface area contributed by atoms with Crippen molar-refractivity contribution in [2.45, 2.75) is 45.2 Å². The molecule has 0 saturated heterocycles. The minimum absolute atomic E-state index is 0.0236. The Morgan fingerprint density at radius 1 is 1.35 bits per heavy atom. The molecule has 0 radical (unpaired) electrons. The van der Waals surface area contributed by atoms with Crippen LogP contribution >= 0.6 is 0 Å². The summed E-state index contributed by atoms with van der Waals surface area (Å²) < 4.78 is 1.90. The lowest BCUT2D eigenvalue weighted by molar-refractivity contribution is -0.122. The molecule has 0 unspecified atom stereocenters. The van der Waals surface area contributed by atoms with Crippen molar-refractivity contribution in [1.29, 1.82) is 0 Å². The Balaban J connectivity index is 1.46. The lowest BCUT2D eigenvalue weighted by atomic mass is 9.84. The maximum atomic E-state index is 12.7. The minimum atomic E-state index is 0.0236. The molecule has 1 heterocycles. The number of fused-ring (bicyclic) bond motifs is 3. The molecule has 4 rings (SSSR count). The standard InChI is InChI=1S/C20H28N4O2/c1-13(16-11-14-6-7-15(16)10-14)22-19(26)12-24-18-5-3-2-4-17(18)23-20(24)21-8-9-25/h2-5,13-16,25H,6-12H2,1H3,(H,21,23)(H,22,26)/t13-,14-,15-,16+/m0/s1. The molecule has 4 atom stereocenters. The average Bonchev–Trinajstić information content (AvgIpc) is 3.34. The first-order chi connectivity index (χ1) is 12.7. The summed E-state index contributed by atoms with van der Waals surface area (Å²) in [6, 6.07) is 8.02. The van der Waals surface area contributed by atoms with Gasteiger partial charge in [-0.3, -0.25) is 4.79 Å². The molecule has 1 aromatic carbocycles. The summed E-state index contributed by atoms with van der Waals surface area (Å²) in [5.41, 5.74) is 1.78. The third-order valence-electron chi connectivity index (χ3n) is 6.17. The van der Waals surface area contributed by atoms with Gasteiger partial charge in [-0.1, -0.05) is 18.6 Å². The molecular formula is C20H28N4O2. The Bertz CT molecular complexity index is 787. The third-order valence-corrected chi connectivity index (χ3v) is 6.17. The number of aliphatic hydroxyl groups excluding tert-OH is 1. The summed E-state index contributed by atoms with van der Waals surface area (Å²) >= 11 is 0. The molecule has 3 N–H and O–H groups in total. The number of nitrogens with one attached hydrogen (secondary N) is 2. The zero-order chi connectivity index (χ0) is 18.1. The van der Waals surface area contributed by atoms with Crippen LogP contribution in [0.5, 0.6) is 0 Å². The lowest BCUT2D eigenvalue weighted by Gasteiger charge is -2.28. The van der Waals surface area contributed by atoms with E-state index in [0.717, 1.165) is 22.9 Å². The van der Waals surface area contributed by atoms with Gasteiger partial charge in [0.15, 0.2) is 0 Å². The molecule has 6 heteroatoms. The predicted octanol–water partition coefficient (Wildman–Crippen LogP) is 2.38. The highest BCUT2D eigenvalue weighted by Gasteiger charge is 2.42. The Morgan fingerprint density at radius 2 is 2.19 bits per heavy atom. The van der Waals surface area contributed by atoms with E-state index in [2.05, 4.69) is 22.5 Å². The van der Waals surface area contributed by atoms with Crippen LogP contribution in [0.25, 0.3) is 11.0 Å². The van der Waals surface area contributed by atoms with E-state index in [1.54, 1.807) is 0 Å². The molecule has 0 aliphatic heterocycles. The quantitative estimate of drug-likeness (QED) is 0.712. The van der Waals surface area contributed by atoms with Crippen LogP contribution in [0.3, 0.4) is 0 Å². The van der Waals surface area contributed by atoms with Crippen LogP contribution in [0.1, 0.15) is 32.6 Å². The van der Waals surface area contributed by atoms with Gasteiger partial charge in [0, 0.05) is 12.6 Å². The van der Waals surface area contributed by atoms with Crippen LogP contribution in [0.2, 0.25) is 0 Å². The van der Waals surface area contributed by atoms with Gasteiger partial charge in [0.05, 0.1) is 17.6 Å². The SMILES string of the molecule is C[C@H](NC(=O)Cn1c(NCCO)nc2ccccc21)[C@H]1C[C@H]2CC[C@H]1C2. The van der Waals surface area contributed by atoms with E-state index in [9.17, 15) is 4.79 Å². The number of hydrogen-bond donors (Lipinski definition) is 3. The number of aliphatic hydroxyl groups is 1. The Labute approximate surface area is 154 Å². The summed E-state index contributed by atoms with van der Waals surface area (Å²) in [5, 5.41) is 15.4. The summed E-state index contributed by atoms with van der Waals surface area (Å²) in [6.07, 6.45) is 5.33. The van der Waals surface area contributed by atoms with E-state index >= 15 is 0 Å². The molecule has 2 bridgehead atoms. The number of rotatable bonds is 7. The number of benzene rings is 1. The van der Waals surface area contributed by atoms with E-state index in [1.807, 2.05) is 28.8 Å². The van der Waals surface area contributed by atoms with Gasteiger partial charge < -0.3 is 20.3 Å². The molecule has 2 aliphatic rings. The first-order valence-corrected chi connectivity index (χ1v) is 9.75. The van der Waals surface area contributed by atoms with E-state index in [1.165, 1.54) is 25.7 Å². The van der Waals surface area contributed by atoms with E-state index < -0.39 is 0 Å². The maximum absolute atomic E-state index is 12.7. The largest absolute Gasteiger partial charge is 0.395 e. The predicted molar refractivity (Wildman–Crippen MR) is 102 cm³/mol. The van der Waals surface area contributed by atoms with Gasteiger partial charge in [-0.05, 0) is 56.1 Å². The molecule has 2 saturated carbocycles. The first kappa shape index (κ1) is 17.3. The zero-order valence-corrected chi connectivity index (χ0v) is 15.3. The first-order valence-electron chi connectivity index (χ1n) is 9.75. The van der Waals surface area contributed by atoms with Gasteiger partial charge in [0.25, 0.3) is 0 Å². The van der Waals surface area contributed by atoms with E-state index in [4.69, 9.17) is 5.11 Å². The van der Waals surface area contributed by atoms with Gasteiger partial charge in [0.1, 0.15) is 6.54 Å². The zero-order valence-electron chi connectivity index (χ0n) is 15.3. The Hall–Kier alpha value is -2.08. The monoisotopic (exact) mass is 356 g/mol. The van der Waals surface area contributed by atoms with Crippen molar-refractivity contribution in [2.24, 2.45) is 17.8 Å². The molecular weight excluding hydrogens is 328 g/mol. The lowest BCUT2D eigenvalue weighted by Crippen LogP contribution is -2.41. The van der Waals surface area contributed by atoms with Crippen molar-refractivity contribution in [3.63, 3.8) is 0 Å². The van der Waals surface area contributed by atoms with Gasteiger partial charge in [-0.2, -0.15) is 0 Å². The van der Waals surface area contributed by atoms with Crippen LogP contribution < -0.4 is 10.6 Å². The molecule has 0 spiro atoms. The summed E-state index contributed by atoms with van der Waals surface area (Å²) in [6.45, 7) is 2.82. The molecule has 6 nitrogen and oxygen atoms in total. The number of carbonyl (C=O) groups excluding carboxylic acids is 1. The second kappa shape index (κ2) is 7.27. The van der Waals surface area contributed by atoms with Crippen LogP contribution in [0.4, 0.5) is 5.95 Å². The number of aromatic nitrogens is 2. The van der Waals surface area contributed by atoms with Crippen molar-refractivity contribution in [2.75, 3.05) is 18.5 Å². The maximum Gasteiger partial charge on any atom is 0.240 e. The fourth-order valence-electron chi connectivity index (χ4n) is 4.99. The molecule has 2 aliphatic carbocycles. The van der Waals surface area contributed by atoms with Crippen LogP contribution in [0, 0.1) is 17.8 Å². The van der Waals surface area contributed by atoms with E-state index in [0.29, 0.717) is 18.4 Å². The van der Waals surface area contributed by atoms with Crippen LogP contribution in [-0.2, 0) is 11.3 Å². The van der Waals surface area contributed by atoms with Gasteiger partial charge in [-0.25, -0.2) is 4.98 Å². The van der Waals surface area contributed by atoms with Gasteiger partial charge >= 0.3 is 0 Å². The number of imidazole rings is 1. The van der Waals surface area contributed by atoms with Crippen molar-refractivity contribution in [1.82, 2.24) is 14.9 Å². The second-order valence-electron chi connectivity index (χ2n) is 7.86. The molecule has 2 aromatic rings. The number of carbonyl (C=O) groups is 1. The number of para-hydroxylation sites is 2. The number of hydrogen-bond acceptors (Lipinski definition) is 4. The number of amides is 1. The average molecular weight is 356 g/mol. The topological polar surface area (TPSA) is 79.2 Å². The van der Waals surface area contributed by atoms with Gasteiger partial charge in [-0.15, -0.1) is 0 Å². The van der Waals surface area contributed by atoms with Crippen molar-refractivity contribution in [3.05, 3.63) is 24.3 Å². The fourth-order valence-corrected chi connectivity index (χ4v) is 4.99. The highest BCUT2D eigenvalue weighted by Crippen LogP contribution is 2.49. The minimum Gasteiger partial charge on any atom is -0.395 e. The molecule has 26 heavy (non-hydrogen) atoms. The Morgan fingerprint density at radius 3 is 2.92 bits per heavy atom. The van der Waals surface area contributed by atoms with Crippen molar-refractivity contribution >= 4 is 22.9 Å². The highest BCUT2D eigenvalue weighted by molar-refractivity contribution is 5.83. The van der Waals surface area contributed by atoms with Crippen molar-refractivity contribution in [3.8, 4) is 0 Å². The van der Waals surface area contributed by atoms with Crippen LogP contribution in [-0.4, -0.2) is 39.8 Å². The third kappa shape index (κ3) is 3.30. The number of nitrogens with zero attached hydrogens (tertiary/aromatic N) is 2. The van der Waals surface area contributed by atoms with Gasteiger partial charge in [0.2, 0.25) is 11.9 Å². The molecule has 2 fully saturated rings. The smallest absolute Gasteiger partial charge is 0.240 e. The summed E-state index contributed by atoms with van der Waals surface area (Å²) in [4.78, 5) is 17.3. The Kier molecular flexibility index (Phi) is 4.85. The molecule has 1 amide bonds. The number of anilines is 1. The normalized spacial score (nSPS) is 25.5. The summed E-state index contributed by atoms with van der Waals surface area (Å²) in [7, 11) is 0. The summed E-state index contributed by atoms with van der Waals surface area (Å²) in [5.74, 6) is 2.96. The molecule has 140 valence electrons. The highest BCUT2D eigenvalue weighted by atomic mass is 16.3. The van der Waals surface area contributed by atoms with E-state index in [-0.39, 0.29) is 25.1 Å². The fraction of sp³-hybridized carbons (Fsp3) is 0.600. The van der Waals surface area contributed by atoms with Crippen molar-refractivity contribution < 1.29 is 9.90 Å². The van der Waals surface area contributed by atoms with Crippen LogP contribution in [0.15, 0.2) is 24.3 Å².